The fourth-order valence-electron chi connectivity index (χ4n) is 1.97. The fraction of sp³-hybridized carbons (Fsp3) is 0.455. The van der Waals surface area contributed by atoms with Crippen LogP contribution in [0, 0.1) is 13.8 Å². The van der Waals surface area contributed by atoms with Crippen molar-refractivity contribution in [2.24, 2.45) is 0 Å². The molecular formula is C11H15BO2. The van der Waals surface area contributed by atoms with E-state index in [0.29, 0.717) is 5.46 Å². The van der Waals surface area contributed by atoms with E-state index in [9.17, 15) is 0 Å². The Morgan fingerprint density at radius 3 is 2.29 bits per heavy atom. The molecule has 1 aliphatic rings. The predicted octanol–water partition coefficient (Wildman–Crippen LogP) is 0.861. The average molecular weight is 190 g/mol. The lowest BCUT2D eigenvalue weighted by atomic mass is 9.75. The first-order chi connectivity index (χ1) is 6.59. The van der Waals surface area contributed by atoms with Crippen LogP contribution in [0.5, 0.6) is 0 Å². The molecule has 0 bridgehead atoms. The predicted molar refractivity (Wildman–Crippen MR) is 57.7 cm³/mol. The second kappa shape index (κ2) is 3.41. The molecule has 0 atom stereocenters. The summed E-state index contributed by atoms with van der Waals surface area (Å²) in [6.07, 6.45) is 2.56. The Labute approximate surface area is 84.7 Å². The molecule has 3 heteroatoms. The molecule has 2 nitrogen and oxygen atoms in total. The average Bonchev–Trinajstić information content (AvgIpc) is 2.91. The van der Waals surface area contributed by atoms with Crippen molar-refractivity contribution in [2.75, 3.05) is 0 Å². The minimum atomic E-state index is -1.35. The Morgan fingerprint density at radius 2 is 1.79 bits per heavy atom. The summed E-state index contributed by atoms with van der Waals surface area (Å²) in [4.78, 5) is 0. The highest BCUT2D eigenvalue weighted by molar-refractivity contribution is 6.59. The van der Waals surface area contributed by atoms with Crippen molar-refractivity contribution in [2.45, 2.75) is 32.6 Å². The number of hydrogen-bond donors (Lipinski definition) is 2. The fourth-order valence-corrected chi connectivity index (χ4v) is 1.97. The Morgan fingerprint density at radius 1 is 1.14 bits per heavy atom. The highest BCUT2D eigenvalue weighted by atomic mass is 16.4. The molecule has 0 radical (unpaired) electrons. The summed E-state index contributed by atoms with van der Waals surface area (Å²) in [7, 11) is -1.35. The molecule has 1 aromatic carbocycles. The van der Waals surface area contributed by atoms with E-state index in [1.54, 1.807) is 0 Å². The number of rotatable bonds is 2. The maximum atomic E-state index is 9.13. The van der Waals surface area contributed by atoms with Gasteiger partial charge in [-0.15, -0.1) is 0 Å². The molecule has 0 heterocycles. The Kier molecular flexibility index (Phi) is 2.37. The van der Waals surface area contributed by atoms with Crippen molar-refractivity contribution in [3.8, 4) is 0 Å². The van der Waals surface area contributed by atoms with Crippen molar-refractivity contribution in [3.05, 3.63) is 28.8 Å². The number of hydrogen-bond acceptors (Lipinski definition) is 2. The van der Waals surface area contributed by atoms with Crippen molar-refractivity contribution < 1.29 is 10.0 Å². The van der Waals surface area contributed by atoms with Crippen molar-refractivity contribution in [3.63, 3.8) is 0 Å². The second-order valence-electron chi connectivity index (χ2n) is 4.21. The number of aryl methyl sites for hydroxylation is 2. The third-order valence-electron chi connectivity index (χ3n) is 2.95. The summed E-state index contributed by atoms with van der Waals surface area (Å²) in [6.45, 7) is 3.97. The zero-order chi connectivity index (χ0) is 10.3. The first kappa shape index (κ1) is 9.75. The van der Waals surface area contributed by atoms with Crippen LogP contribution in [0.1, 0.15) is 35.4 Å². The van der Waals surface area contributed by atoms with Gasteiger partial charge in [0.15, 0.2) is 0 Å². The van der Waals surface area contributed by atoms with Gasteiger partial charge in [0.05, 0.1) is 0 Å². The summed E-state index contributed by atoms with van der Waals surface area (Å²) in [5, 5.41) is 18.3. The van der Waals surface area contributed by atoms with E-state index in [2.05, 4.69) is 6.07 Å². The summed E-state index contributed by atoms with van der Waals surface area (Å²) < 4.78 is 0. The van der Waals surface area contributed by atoms with Gasteiger partial charge in [-0.3, -0.25) is 0 Å². The minimum absolute atomic E-state index is 0.631. The molecule has 1 saturated carbocycles. The highest BCUT2D eigenvalue weighted by Gasteiger charge is 2.26. The van der Waals surface area contributed by atoms with Crippen LogP contribution >= 0.6 is 0 Å². The molecule has 2 N–H and O–H groups in total. The Hall–Kier alpha value is -0.795. The normalized spacial score (nSPS) is 15.7. The lowest BCUT2D eigenvalue weighted by molar-refractivity contribution is 0.425. The maximum Gasteiger partial charge on any atom is 0.488 e. The zero-order valence-electron chi connectivity index (χ0n) is 8.62. The van der Waals surface area contributed by atoms with E-state index in [1.165, 1.54) is 24.0 Å². The molecule has 1 aromatic rings. The highest BCUT2D eigenvalue weighted by Crippen LogP contribution is 2.41. The summed E-state index contributed by atoms with van der Waals surface area (Å²) in [6, 6.07) is 4.00. The molecule has 0 saturated heterocycles. The van der Waals surface area contributed by atoms with Crippen LogP contribution in [0.3, 0.4) is 0 Å². The first-order valence-electron chi connectivity index (χ1n) is 5.06. The molecule has 0 unspecified atom stereocenters. The Balaban J connectivity index is 2.43. The molecule has 0 aromatic heterocycles. The molecule has 0 aliphatic heterocycles. The molecule has 2 rings (SSSR count). The molecule has 74 valence electrons. The third-order valence-corrected chi connectivity index (χ3v) is 2.95. The molecule has 0 amide bonds. The molecule has 1 aliphatic carbocycles. The van der Waals surface area contributed by atoms with Crippen molar-refractivity contribution in [1.82, 2.24) is 0 Å². The van der Waals surface area contributed by atoms with Gasteiger partial charge in [-0.05, 0) is 49.2 Å². The quantitative estimate of drug-likeness (QED) is 0.679. The van der Waals surface area contributed by atoms with E-state index in [0.717, 1.165) is 11.5 Å². The van der Waals surface area contributed by atoms with E-state index in [-0.39, 0.29) is 0 Å². The third kappa shape index (κ3) is 1.70. The van der Waals surface area contributed by atoms with Gasteiger partial charge < -0.3 is 10.0 Å². The second-order valence-corrected chi connectivity index (χ2v) is 4.21. The minimum Gasteiger partial charge on any atom is -0.423 e. The molecule has 0 spiro atoms. The van der Waals surface area contributed by atoms with Gasteiger partial charge in [0.25, 0.3) is 0 Å². The van der Waals surface area contributed by atoms with Gasteiger partial charge in [0.1, 0.15) is 0 Å². The standard InChI is InChI=1S/C11H15BO2/c1-7-6-11(12(13)14)8(2)5-10(7)9-3-4-9/h5-6,9,13-14H,3-4H2,1-2H3. The smallest absolute Gasteiger partial charge is 0.423 e. The van der Waals surface area contributed by atoms with Crippen LogP contribution in [0.15, 0.2) is 12.1 Å². The van der Waals surface area contributed by atoms with Crippen molar-refractivity contribution >= 4 is 12.6 Å². The van der Waals surface area contributed by atoms with E-state index >= 15 is 0 Å². The Bertz CT molecular complexity index is 329. The monoisotopic (exact) mass is 190 g/mol. The van der Waals surface area contributed by atoms with Gasteiger partial charge in [0, 0.05) is 0 Å². The SMILES string of the molecule is Cc1cc(C2CC2)c(C)cc1B(O)O. The van der Waals surface area contributed by atoms with Crippen LogP contribution in [0.4, 0.5) is 0 Å². The summed E-state index contributed by atoms with van der Waals surface area (Å²) in [5.41, 5.74) is 4.17. The largest absolute Gasteiger partial charge is 0.488 e. The van der Waals surface area contributed by atoms with E-state index in [4.69, 9.17) is 10.0 Å². The van der Waals surface area contributed by atoms with Gasteiger partial charge in [0.2, 0.25) is 0 Å². The van der Waals surface area contributed by atoms with Crippen molar-refractivity contribution in [1.29, 1.82) is 0 Å². The van der Waals surface area contributed by atoms with E-state index < -0.39 is 7.12 Å². The van der Waals surface area contributed by atoms with Gasteiger partial charge in [-0.2, -0.15) is 0 Å². The molecular weight excluding hydrogens is 175 g/mol. The van der Waals surface area contributed by atoms with Gasteiger partial charge in [-0.1, -0.05) is 17.7 Å². The molecule has 14 heavy (non-hydrogen) atoms. The lowest BCUT2D eigenvalue weighted by Gasteiger charge is -2.10. The van der Waals surface area contributed by atoms with Crippen LogP contribution in [-0.2, 0) is 0 Å². The summed E-state index contributed by atoms with van der Waals surface area (Å²) in [5.74, 6) is 0.721. The van der Waals surface area contributed by atoms with Crippen LogP contribution in [0.2, 0.25) is 0 Å². The summed E-state index contributed by atoms with van der Waals surface area (Å²) >= 11 is 0. The van der Waals surface area contributed by atoms with Crippen LogP contribution in [0.25, 0.3) is 0 Å². The molecule has 1 fully saturated rings. The number of benzene rings is 1. The van der Waals surface area contributed by atoms with Gasteiger partial charge >= 0.3 is 7.12 Å². The zero-order valence-corrected chi connectivity index (χ0v) is 8.62. The van der Waals surface area contributed by atoms with Gasteiger partial charge in [-0.25, -0.2) is 0 Å². The first-order valence-corrected chi connectivity index (χ1v) is 5.06. The van der Waals surface area contributed by atoms with Crippen LogP contribution < -0.4 is 5.46 Å². The topological polar surface area (TPSA) is 40.5 Å². The lowest BCUT2D eigenvalue weighted by Crippen LogP contribution is -2.32. The van der Waals surface area contributed by atoms with E-state index in [1.807, 2.05) is 19.9 Å². The van der Waals surface area contributed by atoms with Crippen LogP contribution in [-0.4, -0.2) is 17.2 Å². The maximum absolute atomic E-state index is 9.13.